The first kappa shape index (κ1) is 23.0. The van der Waals surface area contributed by atoms with Gasteiger partial charge in [0, 0.05) is 57.9 Å². The molecule has 0 radical (unpaired) electrons. The maximum atomic E-state index is 12.7. The van der Waals surface area contributed by atoms with Crippen molar-refractivity contribution in [2.24, 2.45) is 0 Å². The lowest BCUT2D eigenvalue weighted by Gasteiger charge is -2.32. The summed E-state index contributed by atoms with van der Waals surface area (Å²) in [5, 5.41) is 2.91. The highest BCUT2D eigenvalue weighted by molar-refractivity contribution is 6.04. The van der Waals surface area contributed by atoms with E-state index in [2.05, 4.69) is 22.2 Å². The van der Waals surface area contributed by atoms with Crippen LogP contribution in [0.25, 0.3) is 0 Å². The number of carbonyl (C=O) groups is 3. The van der Waals surface area contributed by atoms with Crippen LogP contribution < -0.4 is 15.0 Å². The van der Waals surface area contributed by atoms with Crippen LogP contribution in [0, 0.1) is 0 Å². The first-order valence-corrected chi connectivity index (χ1v) is 11.0. The van der Waals surface area contributed by atoms with Crippen LogP contribution in [0.2, 0.25) is 0 Å². The molecule has 2 aliphatic heterocycles. The molecular weight excluding hydrogens is 398 g/mol. The summed E-state index contributed by atoms with van der Waals surface area (Å²) in [5.41, 5.74) is 0.935. The van der Waals surface area contributed by atoms with Gasteiger partial charge in [-0.1, -0.05) is 0 Å². The third kappa shape index (κ3) is 5.74. The molecular formula is C22H33N5O4. The second-order valence-electron chi connectivity index (χ2n) is 7.92. The van der Waals surface area contributed by atoms with Gasteiger partial charge in [-0.2, -0.15) is 0 Å². The molecule has 0 bridgehead atoms. The Morgan fingerprint density at radius 3 is 2.52 bits per heavy atom. The minimum Gasteiger partial charge on any atom is -0.482 e. The topological polar surface area (TPSA) is 85.4 Å². The maximum absolute atomic E-state index is 12.7. The fourth-order valence-corrected chi connectivity index (χ4v) is 3.83. The van der Waals surface area contributed by atoms with Crippen LogP contribution in [0.4, 0.5) is 5.69 Å². The van der Waals surface area contributed by atoms with Crippen LogP contribution in [0.5, 0.6) is 5.75 Å². The molecule has 2 heterocycles. The number of ether oxygens (including phenoxy) is 1. The van der Waals surface area contributed by atoms with Crippen molar-refractivity contribution >= 4 is 23.4 Å². The highest BCUT2D eigenvalue weighted by atomic mass is 16.5. The zero-order chi connectivity index (χ0) is 22.4. The maximum Gasteiger partial charge on any atom is 0.265 e. The standard InChI is InChI=1S/C22H33N5O4/c1-4-26(5-2)22(30)17-6-7-19-18(14-17)27(21(29)16-31-19)15-20(28)23-8-9-25-12-10-24(3)11-13-25/h6-7,14H,4-5,8-13,15-16H2,1-3H3,(H,23,28). The molecule has 3 rings (SSSR count). The Labute approximate surface area is 183 Å². The molecule has 0 spiro atoms. The number of nitrogens with zero attached hydrogens (tertiary/aromatic N) is 4. The van der Waals surface area contributed by atoms with E-state index in [1.807, 2.05) is 13.8 Å². The Morgan fingerprint density at radius 2 is 1.84 bits per heavy atom. The highest BCUT2D eigenvalue weighted by Gasteiger charge is 2.29. The molecule has 0 aliphatic carbocycles. The van der Waals surface area contributed by atoms with E-state index in [1.165, 1.54) is 4.90 Å². The molecule has 1 aromatic rings. The quantitative estimate of drug-likeness (QED) is 0.636. The summed E-state index contributed by atoms with van der Waals surface area (Å²) in [4.78, 5) is 45.5. The lowest BCUT2D eigenvalue weighted by Crippen LogP contribution is -2.49. The summed E-state index contributed by atoms with van der Waals surface area (Å²) < 4.78 is 5.51. The van der Waals surface area contributed by atoms with Crippen LogP contribution in [0.15, 0.2) is 18.2 Å². The number of piperazine rings is 1. The monoisotopic (exact) mass is 431 g/mol. The Morgan fingerprint density at radius 1 is 1.13 bits per heavy atom. The summed E-state index contributed by atoms with van der Waals surface area (Å²) >= 11 is 0. The van der Waals surface area contributed by atoms with Crippen molar-refractivity contribution in [3.8, 4) is 5.75 Å². The summed E-state index contributed by atoms with van der Waals surface area (Å²) in [5.74, 6) is -0.131. The van der Waals surface area contributed by atoms with Gasteiger partial charge in [0.2, 0.25) is 5.91 Å². The fraction of sp³-hybridized carbons (Fsp3) is 0.591. The highest BCUT2D eigenvalue weighted by Crippen LogP contribution is 2.33. The molecule has 31 heavy (non-hydrogen) atoms. The third-order valence-corrected chi connectivity index (χ3v) is 5.85. The normalized spacial score (nSPS) is 17.1. The molecule has 1 saturated heterocycles. The molecule has 0 unspecified atom stereocenters. The Kier molecular flexibility index (Phi) is 7.86. The third-order valence-electron chi connectivity index (χ3n) is 5.85. The number of rotatable bonds is 8. The Bertz CT molecular complexity index is 803. The zero-order valence-corrected chi connectivity index (χ0v) is 18.7. The predicted molar refractivity (Wildman–Crippen MR) is 118 cm³/mol. The van der Waals surface area contributed by atoms with Gasteiger partial charge >= 0.3 is 0 Å². The molecule has 2 aliphatic rings. The Hall–Kier alpha value is -2.65. The van der Waals surface area contributed by atoms with Crippen molar-refractivity contribution in [3.63, 3.8) is 0 Å². The second kappa shape index (κ2) is 10.6. The van der Waals surface area contributed by atoms with Crippen molar-refractivity contribution < 1.29 is 19.1 Å². The lowest BCUT2D eigenvalue weighted by atomic mass is 10.1. The first-order valence-electron chi connectivity index (χ1n) is 11.0. The van der Waals surface area contributed by atoms with Gasteiger partial charge in [0.05, 0.1) is 5.69 Å². The molecule has 170 valence electrons. The number of benzene rings is 1. The number of nitrogens with one attached hydrogen (secondary N) is 1. The van der Waals surface area contributed by atoms with E-state index in [-0.39, 0.29) is 30.9 Å². The van der Waals surface area contributed by atoms with Gasteiger partial charge in [0.25, 0.3) is 11.8 Å². The smallest absolute Gasteiger partial charge is 0.265 e. The van der Waals surface area contributed by atoms with Crippen molar-refractivity contribution in [1.29, 1.82) is 0 Å². The number of amides is 3. The van der Waals surface area contributed by atoms with Gasteiger partial charge in [-0.25, -0.2) is 0 Å². The van der Waals surface area contributed by atoms with Crippen molar-refractivity contribution in [2.75, 3.05) is 77.5 Å². The van der Waals surface area contributed by atoms with Crippen LogP contribution in [0.1, 0.15) is 24.2 Å². The molecule has 1 aromatic carbocycles. The number of likely N-dealkylation sites (N-methyl/N-ethyl adjacent to an activating group) is 1. The van der Waals surface area contributed by atoms with Crippen LogP contribution in [0.3, 0.4) is 0 Å². The largest absolute Gasteiger partial charge is 0.482 e. The molecule has 3 amide bonds. The number of carbonyl (C=O) groups excluding carboxylic acids is 3. The van der Waals surface area contributed by atoms with Gasteiger partial charge in [0.1, 0.15) is 12.3 Å². The van der Waals surface area contributed by atoms with Crippen LogP contribution in [-0.4, -0.2) is 105 Å². The average Bonchev–Trinajstić information content (AvgIpc) is 2.77. The number of hydrogen-bond donors (Lipinski definition) is 1. The molecule has 0 atom stereocenters. The van der Waals surface area contributed by atoms with Crippen molar-refractivity contribution in [2.45, 2.75) is 13.8 Å². The van der Waals surface area contributed by atoms with Gasteiger partial charge in [-0.3, -0.25) is 24.2 Å². The van der Waals surface area contributed by atoms with E-state index in [0.29, 0.717) is 36.6 Å². The van der Waals surface area contributed by atoms with E-state index >= 15 is 0 Å². The number of fused-ring (bicyclic) bond motifs is 1. The number of anilines is 1. The van der Waals surface area contributed by atoms with E-state index < -0.39 is 0 Å². The summed E-state index contributed by atoms with van der Waals surface area (Å²) in [6.07, 6.45) is 0. The summed E-state index contributed by atoms with van der Waals surface area (Å²) in [7, 11) is 2.11. The van der Waals surface area contributed by atoms with E-state index in [0.717, 1.165) is 32.7 Å². The number of hydrogen-bond acceptors (Lipinski definition) is 6. The molecule has 9 heteroatoms. The molecule has 0 saturated carbocycles. The van der Waals surface area contributed by atoms with Crippen LogP contribution >= 0.6 is 0 Å². The van der Waals surface area contributed by atoms with E-state index in [4.69, 9.17) is 4.74 Å². The lowest BCUT2D eigenvalue weighted by molar-refractivity contribution is -0.125. The summed E-state index contributed by atoms with van der Waals surface area (Å²) in [6.45, 7) is 10.2. The van der Waals surface area contributed by atoms with Gasteiger partial charge in [0.15, 0.2) is 6.61 Å². The first-order chi connectivity index (χ1) is 14.9. The minimum absolute atomic E-state index is 0.0964. The molecule has 1 fully saturated rings. The van der Waals surface area contributed by atoms with Crippen molar-refractivity contribution in [1.82, 2.24) is 20.0 Å². The fourth-order valence-electron chi connectivity index (χ4n) is 3.83. The van der Waals surface area contributed by atoms with E-state index in [9.17, 15) is 14.4 Å². The predicted octanol–water partition coefficient (Wildman–Crippen LogP) is 0.258. The zero-order valence-electron chi connectivity index (χ0n) is 18.7. The SMILES string of the molecule is CCN(CC)C(=O)c1ccc2c(c1)N(CC(=O)NCCN1CCN(C)CC1)C(=O)CO2. The van der Waals surface area contributed by atoms with Gasteiger partial charge < -0.3 is 19.9 Å². The van der Waals surface area contributed by atoms with Gasteiger partial charge in [-0.05, 0) is 39.1 Å². The molecule has 1 N–H and O–H groups in total. The van der Waals surface area contributed by atoms with Crippen LogP contribution in [-0.2, 0) is 9.59 Å². The molecule has 9 nitrogen and oxygen atoms in total. The van der Waals surface area contributed by atoms with Gasteiger partial charge in [-0.15, -0.1) is 0 Å². The average molecular weight is 432 g/mol. The van der Waals surface area contributed by atoms with Crippen molar-refractivity contribution in [3.05, 3.63) is 23.8 Å². The molecule has 0 aromatic heterocycles. The summed E-state index contributed by atoms with van der Waals surface area (Å²) in [6, 6.07) is 5.03. The second-order valence-corrected chi connectivity index (χ2v) is 7.92. The Balaban J connectivity index is 1.62. The minimum atomic E-state index is -0.297. The van der Waals surface area contributed by atoms with E-state index in [1.54, 1.807) is 23.1 Å².